The number of nitrogens with one attached hydrogen (secondary N) is 3. The first-order chi connectivity index (χ1) is 13.5. The number of pyridine rings is 2. The molecule has 0 atom stereocenters. The van der Waals surface area contributed by atoms with Crippen molar-refractivity contribution in [1.29, 1.82) is 5.41 Å². The van der Waals surface area contributed by atoms with Crippen LogP contribution >= 0.6 is 11.3 Å². The van der Waals surface area contributed by atoms with Crippen molar-refractivity contribution in [2.45, 2.75) is 19.8 Å². The molecule has 0 aliphatic carbocycles. The van der Waals surface area contributed by atoms with E-state index in [2.05, 4.69) is 44.6 Å². The van der Waals surface area contributed by atoms with Gasteiger partial charge in [0.05, 0.1) is 23.4 Å². The van der Waals surface area contributed by atoms with Crippen LogP contribution in [0.15, 0.2) is 30.6 Å². The number of ether oxygens (including phenoxy) is 1. The third-order valence-electron chi connectivity index (χ3n) is 3.92. The summed E-state index contributed by atoms with van der Waals surface area (Å²) in [6.07, 6.45) is 3.51. The van der Waals surface area contributed by atoms with Crippen molar-refractivity contribution in [3.63, 3.8) is 0 Å². The largest absolute Gasteiger partial charge is 0.393 e. The highest BCUT2D eigenvalue weighted by Gasteiger charge is 2.12. The first kappa shape index (κ1) is 19.8. The zero-order valence-corrected chi connectivity index (χ0v) is 17.1. The molecule has 28 heavy (non-hydrogen) atoms. The minimum Gasteiger partial charge on any atom is -0.393 e. The molecular weight excluding hydrogens is 374 g/mol. The number of hydrogen-bond donors (Lipinski definition) is 3. The van der Waals surface area contributed by atoms with Gasteiger partial charge in [0.2, 0.25) is 5.13 Å². The van der Waals surface area contributed by atoms with Crippen LogP contribution in [-0.2, 0) is 4.74 Å². The zero-order valence-electron chi connectivity index (χ0n) is 16.3. The molecule has 8 nitrogen and oxygen atoms in total. The Hall–Kier alpha value is -2.91. The van der Waals surface area contributed by atoms with Crippen molar-refractivity contribution in [3.05, 3.63) is 41.2 Å². The lowest BCUT2D eigenvalue weighted by Crippen LogP contribution is -2.11. The van der Waals surface area contributed by atoms with E-state index >= 15 is 0 Å². The maximum Gasteiger partial charge on any atom is 0.211 e. The predicted molar refractivity (Wildman–Crippen MR) is 113 cm³/mol. The van der Waals surface area contributed by atoms with Crippen molar-refractivity contribution in [3.8, 4) is 0 Å². The van der Waals surface area contributed by atoms with Crippen LogP contribution in [0, 0.1) is 5.41 Å². The van der Waals surface area contributed by atoms with Crippen molar-refractivity contribution in [1.82, 2.24) is 25.5 Å². The maximum atomic E-state index is 8.21. The molecule has 9 heteroatoms. The van der Waals surface area contributed by atoms with Gasteiger partial charge in [0.15, 0.2) is 0 Å². The lowest BCUT2D eigenvalue weighted by Gasteiger charge is -2.10. The van der Waals surface area contributed by atoms with Crippen LogP contribution in [0.1, 0.15) is 30.3 Å². The first-order valence-corrected chi connectivity index (χ1v) is 9.65. The van der Waals surface area contributed by atoms with Gasteiger partial charge in [-0.3, -0.25) is 4.98 Å². The maximum absolute atomic E-state index is 8.21. The number of fused-ring (bicyclic) bond motifs is 1. The molecule has 0 aliphatic heterocycles. The average molecular weight is 398 g/mol. The second kappa shape index (κ2) is 8.85. The summed E-state index contributed by atoms with van der Waals surface area (Å²) < 4.78 is 5.09. The quantitative estimate of drug-likeness (QED) is 0.499. The van der Waals surface area contributed by atoms with Gasteiger partial charge in [0.25, 0.3) is 0 Å². The Balaban J connectivity index is 1.91. The SMILES string of the molecule is CN/C=C(\C(=N)COC)c1cnc2ccc(Nc3nnc(C(C)C)s3)nc2c1. The Labute approximate surface area is 167 Å². The lowest BCUT2D eigenvalue weighted by atomic mass is 10.0. The number of hydrogen-bond acceptors (Lipinski definition) is 9. The molecule has 0 unspecified atom stereocenters. The Morgan fingerprint density at radius 3 is 2.79 bits per heavy atom. The standard InChI is InChI=1S/C19H23N7OS/c1-11(2)18-25-26-19(28-18)24-17-6-5-15-16(23-17)7-12(8-22-15)13(9-21-3)14(20)10-27-4/h5-9,11,20-21H,10H2,1-4H3,(H,23,24,26)/b13-9-,20-14?. The molecule has 0 spiro atoms. The molecule has 3 aromatic rings. The fourth-order valence-electron chi connectivity index (χ4n) is 2.56. The van der Waals surface area contributed by atoms with Gasteiger partial charge in [-0.15, -0.1) is 10.2 Å². The van der Waals surface area contributed by atoms with E-state index in [0.29, 0.717) is 28.2 Å². The van der Waals surface area contributed by atoms with Crippen LogP contribution in [0.3, 0.4) is 0 Å². The van der Waals surface area contributed by atoms with Crippen LogP contribution < -0.4 is 10.6 Å². The van der Waals surface area contributed by atoms with Gasteiger partial charge < -0.3 is 20.8 Å². The minimum absolute atomic E-state index is 0.218. The third kappa shape index (κ3) is 4.49. The molecule has 0 radical (unpaired) electrons. The van der Waals surface area contributed by atoms with Crippen LogP contribution in [-0.4, -0.2) is 46.6 Å². The molecule has 3 heterocycles. The normalized spacial score (nSPS) is 11.8. The van der Waals surface area contributed by atoms with E-state index in [1.807, 2.05) is 18.2 Å². The molecule has 0 saturated heterocycles. The molecule has 146 valence electrons. The van der Waals surface area contributed by atoms with Crippen molar-refractivity contribution in [2.24, 2.45) is 0 Å². The van der Waals surface area contributed by atoms with Crippen molar-refractivity contribution < 1.29 is 4.74 Å². The monoisotopic (exact) mass is 397 g/mol. The molecule has 0 amide bonds. The number of rotatable bonds is 8. The fourth-order valence-corrected chi connectivity index (χ4v) is 3.32. The lowest BCUT2D eigenvalue weighted by molar-refractivity contribution is 0.245. The minimum atomic E-state index is 0.218. The van der Waals surface area contributed by atoms with E-state index < -0.39 is 0 Å². The summed E-state index contributed by atoms with van der Waals surface area (Å²) in [5.74, 6) is 1.01. The van der Waals surface area contributed by atoms with E-state index in [1.54, 1.807) is 26.6 Å². The number of nitrogens with zero attached hydrogens (tertiary/aromatic N) is 4. The smallest absolute Gasteiger partial charge is 0.211 e. The van der Waals surface area contributed by atoms with Crippen molar-refractivity contribution >= 4 is 44.6 Å². The summed E-state index contributed by atoms with van der Waals surface area (Å²) in [5.41, 5.74) is 3.37. The second-order valence-corrected chi connectivity index (χ2v) is 7.45. The van der Waals surface area contributed by atoms with Crippen LogP contribution in [0.25, 0.3) is 16.6 Å². The summed E-state index contributed by atoms with van der Waals surface area (Å²) in [6.45, 7) is 4.39. The summed E-state index contributed by atoms with van der Waals surface area (Å²) in [5, 5.41) is 24.4. The molecule has 3 aromatic heterocycles. The Kier molecular flexibility index (Phi) is 6.27. The van der Waals surface area contributed by atoms with Gasteiger partial charge in [0.1, 0.15) is 10.8 Å². The molecule has 0 aromatic carbocycles. The second-order valence-electron chi connectivity index (χ2n) is 6.44. The van der Waals surface area contributed by atoms with E-state index in [4.69, 9.17) is 10.1 Å². The van der Waals surface area contributed by atoms with E-state index in [9.17, 15) is 0 Å². The van der Waals surface area contributed by atoms with E-state index in [-0.39, 0.29) is 6.61 Å². The van der Waals surface area contributed by atoms with Gasteiger partial charge >= 0.3 is 0 Å². The third-order valence-corrected chi connectivity index (χ3v) is 5.06. The topological polar surface area (TPSA) is 109 Å². The molecule has 3 N–H and O–H groups in total. The van der Waals surface area contributed by atoms with Crippen LogP contribution in [0.4, 0.5) is 10.9 Å². The van der Waals surface area contributed by atoms with Gasteiger partial charge in [-0.25, -0.2) is 4.98 Å². The Morgan fingerprint density at radius 2 is 2.11 bits per heavy atom. The number of anilines is 2. The predicted octanol–water partition coefficient (Wildman–Crippen LogP) is 3.57. The number of aromatic nitrogens is 4. The van der Waals surface area contributed by atoms with Gasteiger partial charge in [-0.1, -0.05) is 25.2 Å². The van der Waals surface area contributed by atoms with E-state index in [0.717, 1.165) is 21.6 Å². The first-order valence-electron chi connectivity index (χ1n) is 8.83. The zero-order chi connectivity index (χ0) is 20.1. The number of methoxy groups -OCH3 is 1. The highest BCUT2D eigenvalue weighted by Crippen LogP contribution is 2.26. The summed E-state index contributed by atoms with van der Waals surface area (Å²) in [6, 6.07) is 5.68. The van der Waals surface area contributed by atoms with E-state index in [1.165, 1.54) is 11.3 Å². The summed E-state index contributed by atoms with van der Waals surface area (Å²) >= 11 is 1.52. The molecule has 3 rings (SSSR count). The fraction of sp³-hybridized carbons (Fsp3) is 0.316. The molecule has 0 bridgehead atoms. The van der Waals surface area contributed by atoms with Gasteiger partial charge in [-0.05, 0) is 18.2 Å². The van der Waals surface area contributed by atoms with Gasteiger partial charge in [0, 0.05) is 43.6 Å². The van der Waals surface area contributed by atoms with Crippen LogP contribution in [0.2, 0.25) is 0 Å². The molecule has 0 saturated carbocycles. The molecule has 0 fully saturated rings. The van der Waals surface area contributed by atoms with Gasteiger partial charge in [-0.2, -0.15) is 0 Å². The average Bonchev–Trinajstić information content (AvgIpc) is 3.14. The summed E-state index contributed by atoms with van der Waals surface area (Å²) in [4.78, 5) is 9.13. The Bertz CT molecular complexity index is 1010. The highest BCUT2D eigenvalue weighted by atomic mass is 32.1. The van der Waals surface area contributed by atoms with Crippen LogP contribution in [0.5, 0.6) is 0 Å². The Morgan fingerprint density at radius 1 is 1.29 bits per heavy atom. The molecular formula is C19H23N7OS. The van der Waals surface area contributed by atoms with Crippen molar-refractivity contribution in [2.75, 3.05) is 26.1 Å². The molecule has 0 aliphatic rings. The highest BCUT2D eigenvalue weighted by molar-refractivity contribution is 7.15. The summed E-state index contributed by atoms with van der Waals surface area (Å²) in [7, 11) is 3.37.